The summed E-state index contributed by atoms with van der Waals surface area (Å²) in [5.74, 6) is -0.0420. The van der Waals surface area contributed by atoms with Crippen LogP contribution in [0.15, 0.2) is 39.0 Å². The SMILES string of the molecule is Cc1cc(Br)cn(CC(=O)c2cccs2)c1=O. The Kier molecular flexibility index (Phi) is 3.59. The molecule has 0 fully saturated rings. The minimum atomic E-state index is -0.127. The van der Waals surface area contributed by atoms with E-state index in [1.54, 1.807) is 25.3 Å². The lowest BCUT2D eigenvalue weighted by atomic mass is 10.3. The zero-order chi connectivity index (χ0) is 12.4. The highest BCUT2D eigenvalue weighted by molar-refractivity contribution is 9.10. The first-order chi connectivity index (χ1) is 8.08. The van der Waals surface area contributed by atoms with Crippen LogP contribution >= 0.6 is 27.3 Å². The number of nitrogens with zero attached hydrogens (tertiary/aromatic N) is 1. The summed E-state index contributed by atoms with van der Waals surface area (Å²) in [4.78, 5) is 24.4. The van der Waals surface area contributed by atoms with Crippen LogP contribution in [0, 0.1) is 6.92 Å². The molecule has 0 saturated heterocycles. The van der Waals surface area contributed by atoms with Gasteiger partial charge in [0.2, 0.25) is 0 Å². The van der Waals surface area contributed by atoms with Gasteiger partial charge in [0, 0.05) is 16.2 Å². The van der Waals surface area contributed by atoms with E-state index >= 15 is 0 Å². The summed E-state index contributed by atoms with van der Waals surface area (Å²) in [6.07, 6.45) is 1.64. The van der Waals surface area contributed by atoms with Crippen LogP contribution in [0.2, 0.25) is 0 Å². The lowest BCUT2D eigenvalue weighted by molar-refractivity contribution is 0.0974. The number of thiophene rings is 1. The highest BCUT2D eigenvalue weighted by Gasteiger charge is 2.10. The van der Waals surface area contributed by atoms with E-state index in [1.165, 1.54) is 15.9 Å². The van der Waals surface area contributed by atoms with Gasteiger partial charge in [0.05, 0.1) is 11.4 Å². The molecule has 0 saturated carbocycles. The highest BCUT2D eigenvalue weighted by Crippen LogP contribution is 2.12. The number of hydrogen-bond donors (Lipinski definition) is 0. The third kappa shape index (κ3) is 2.73. The van der Waals surface area contributed by atoms with Gasteiger partial charge in [0.25, 0.3) is 5.56 Å². The predicted octanol–water partition coefficient (Wildman–Crippen LogP) is 2.86. The third-order valence-electron chi connectivity index (χ3n) is 2.34. The fourth-order valence-electron chi connectivity index (χ4n) is 1.53. The van der Waals surface area contributed by atoms with Crippen LogP contribution in [-0.4, -0.2) is 10.4 Å². The second-order valence-electron chi connectivity index (χ2n) is 3.67. The van der Waals surface area contributed by atoms with Gasteiger partial charge in [-0.2, -0.15) is 0 Å². The van der Waals surface area contributed by atoms with E-state index < -0.39 is 0 Å². The zero-order valence-electron chi connectivity index (χ0n) is 9.14. The van der Waals surface area contributed by atoms with Gasteiger partial charge in [-0.25, -0.2) is 0 Å². The Bertz CT molecular complexity index is 601. The van der Waals surface area contributed by atoms with Gasteiger partial charge in [0.1, 0.15) is 0 Å². The monoisotopic (exact) mass is 311 g/mol. The normalized spacial score (nSPS) is 10.5. The van der Waals surface area contributed by atoms with E-state index in [2.05, 4.69) is 15.9 Å². The molecule has 0 aromatic carbocycles. The molecular formula is C12H10BrNO2S. The first-order valence-corrected chi connectivity index (χ1v) is 6.68. The molecule has 0 aliphatic rings. The number of aryl methyl sites for hydroxylation is 1. The summed E-state index contributed by atoms with van der Waals surface area (Å²) < 4.78 is 2.23. The second kappa shape index (κ2) is 4.98. The summed E-state index contributed by atoms with van der Waals surface area (Å²) >= 11 is 4.71. The molecule has 0 bridgehead atoms. The molecule has 2 aromatic rings. The molecule has 2 rings (SSSR count). The number of Topliss-reactive ketones (excluding diaryl/α,β-unsaturated/α-hetero) is 1. The fourth-order valence-corrected chi connectivity index (χ4v) is 2.77. The van der Waals surface area contributed by atoms with Crippen molar-refractivity contribution in [2.24, 2.45) is 0 Å². The van der Waals surface area contributed by atoms with Crippen LogP contribution in [-0.2, 0) is 6.54 Å². The van der Waals surface area contributed by atoms with Crippen molar-refractivity contribution in [1.82, 2.24) is 4.57 Å². The van der Waals surface area contributed by atoms with Crippen LogP contribution in [0.4, 0.5) is 0 Å². The van der Waals surface area contributed by atoms with Crippen molar-refractivity contribution in [3.05, 3.63) is 55.0 Å². The largest absolute Gasteiger partial charge is 0.306 e. The second-order valence-corrected chi connectivity index (χ2v) is 5.54. The summed E-state index contributed by atoms with van der Waals surface area (Å²) in [6.45, 7) is 1.82. The molecule has 0 aliphatic carbocycles. The van der Waals surface area contributed by atoms with Crippen molar-refractivity contribution in [3.63, 3.8) is 0 Å². The summed E-state index contributed by atoms with van der Waals surface area (Å²) in [7, 11) is 0. The van der Waals surface area contributed by atoms with Gasteiger partial charge in [-0.15, -0.1) is 11.3 Å². The third-order valence-corrected chi connectivity index (χ3v) is 3.69. The lowest BCUT2D eigenvalue weighted by Crippen LogP contribution is -2.25. The maximum absolute atomic E-state index is 11.9. The molecule has 0 amide bonds. The predicted molar refractivity (Wildman–Crippen MR) is 71.8 cm³/mol. The Morgan fingerprint density at radius 3 is 2.94 bits per heavy atom. The Morgan fingerprint density at radius 2 is 2.29 bits per heavy atom. The Hall–Kier alpha value is -1.20. The Morgan fingerprint density at radius 1 is 1.53 bits per heavy atom. The van der Waals surface area contributed by atoms with Crippen molar-refractivity contribution in [1.29, 1.82) is 0 Å². The minimum absolute atomic E-state index is 0.0420. The number of ketones is 1. The van der Waals surface area contributed by atoms with Crippen LogP contribution in [0.1, 0.15) is 15.2 Å². The van der Waals surface area contributed by atoms with E-state index in [0.29, 0.717) is 10.4 Å². The van der Waals surface area contributed by atoms with Gasteiger partial charge in [-0.3, -0.25) is 9.59 Å². The van der Waals surface area contributed by atoms with Crippen molar-refractivity contribution >= 4 is 33.0 Å². The molecule has 88 valence electrons. The topological polar surface area (TPSA) is 39.1 Å². The van der Waals surface area contributed by atoms with Crippen LogP contribution < -0.4 is 5.56 Å². The van der Waals surface area contributed by atoms with E-state index in [0.717, 1.165) is 4.47 Å². The number of pyridine rings is 1. The van der Waals surface area contributed by atoms with E-state index in [1.807, 2.05) is 11.4 Å². The Labute approximate surface area is 111 Å². The van der Waals surface area contributed by atoms with E-state index in [4.69, 9.17) is 0 Å². The highest BCUT2D eigenvalue weighted by atomic mass is 79.9. The molecule has 5 heteroatoms. The van der Waals surface area contributed by atoms with Crippen molar-refractivity contribution in [2.45, 2.75) is 13.5 Å². The molecular weight excluding hydrogens is 302 g/mol. The van der Waals surface area contributed by atoms with Gasteiger partial charge in [-0.05, 0) is 40.4 Å². The number of carbonyl (C=O) groups is 1. The smallest absolute Gasteiger partial charge is 0.253 e. The van der Waals surface area contributed by atoms with E-state index in [-0.39, 0.29) is 17.9 Å². The molecule has 2 heterocycles. The minimum Gasteiger partial charge on any atom is -0.306 e. The van der Waals surface area contributed by atoms with Crippen LogP contribution in [0.3, 0.4) is 0 Å². The molecule has 17 heavy (non-hydrogen) atoms. The first kappa shape index (κ1) is 12.3. The molecule has 0 radical (unpaired) electrons. The van der Waals surface area contributed by atoms with Gasteiger partial charge in [0.15, 0.2) is 5.78 Å². The van der Waals surface area contributed by atoms with Gasteiger partial charge >= 0.3 is 0 Å². The Balaban J connectivity index is 2.31. The standard InChI is InChI=1S/C12H10BrNO2S/c1-8-5-9(13)6-14(12(8)16)7-10(15)11-3-2-4-17-11/h2-6H,7H2,1H3. The first-order valence-electron chi connectivity index (χ1n) is 5.01. The average Bonchev–Trinajstić information content (AvgIpc) is 2.78. The maximum Gasteiger partial charge on any atom is 0.253 e. The van der Waals surface area contributed by atoms with Crippen LogP contribution in [0.5, 0.6) is 0 Å². The van der Waals surface area contributed by atoms with Crippen molar-refractivity contribution < 1.29 is 4.79 Å². The quantitative estimate of drug-likeness (QED) is 0.818. The molecule has 0 spiro atoms. The maximum atomic E-state index is 11.9. The van der Waals surface area contributed by atoms with Crippen molar-refractivity contribution in [2.75, 3.05) is 0 Å². The van der Waals surface area contributed by atoms with Gasteiger partial charge < -0.3 is 4.57 Å². The summed E-state index contributed by atoms with van der Waals surface area (Å²) in [6, 6.07) is 5.34. The summed E-state index contributed by atoms with van der Waals surface area (Å²) in [5.41, 5.74) is 0.497. The number of halogens is 1. The zero-order valence-corrected chi connectivity index (χ0v) is 11.5. The number of rotatable bonds is 3. The number of hydrogen-bond acceptors (Lipinski definition) is 3. The molecule has 0 unspecified atom stereocenters. The molecule has 0 N–H and O–H groups in total. The fraction of sp³-hybridized carbons (Fsp3) is 0.167. The van der Waals surface area contributed by atoms with Gasteiger partial charge in [-0.1, -0.05) is 6.07 Å². The molecule has 0 atom stereocenters. The number of aromatic nitrogens is 1. The molecule has 3 nitrogen and oxygen atoms in total. The lowest BCUT2D eigenvalue weighted by Gasteiger charge is -2.06. The van der Waals surface area contributed by atoms with E-state index in [9.17, 15) is 9.59 Å². The summed E-state index contributed by atoms with van der Waals surface area (Å²) in [5, 5.41) is 1.85. The van der Waals surface area contributed by atoms with Crippen molar-refractivity contribution in [3.8, 4) is 0 Å². The van der Waals surface area contributed by atoms with Crippen LogP contribution in [0.25, 0.3) is 0 Å². The molecule has 2 aromatic heterocycles. The molecule has 0 aliphatic heterocycles. The number of carbonyl (C=O) groups excluding carboxylic acids is 1. The average molecular weight is 312 g/mol.